The maximum Gasteiger partial charge on any atom is 0.262 e. The summed E-state index contributed by atoms with van der Waals surface area (Å²) in [5.41, 5.74) is 1.08. The molecule has 7 heteroatoms. The average Bonchev–Trinajstić information content (AvgIpc) is 2.77. The van der Waals surface area contributed by atoms with Gasteiger partial charge in [-0.25, -0.2) is 13.2 Å². The van der Waals surface area contributed by atoms with Gasteiger partial charge in [0.15, 0.2) is 17.5 Å². The summed E-state index contributed by atoms with van der Waals surface area (Å²) in [4.78, 5) is 13.1. The van der Waals surface area contributed by atoms with Crippen LogP contribution < -0.4 is 5.56 Å². The summed E-state index contributed by atoms with van der Waals surface area (Å²) in [6.07, 6.45) is 1.38. The lowest BCUT2D eigenvalue weighted by atomic mass is 9.98. The summed E-state index contributed by atoms with van der Waals surface area (Å²) < 4.78 is 42.6. The number of hydrogen-bond donors (Lipinski definition) is 1. The molecular weight excluding hydrogens is 393 g/mol. The monoisotopic (exact) mass is 406 g/mol. The SMILES string of the molecule is N#Cc1cccc(-n2cc(-c3cc(F)c(F)c(F)c3)c3cc(CO)ccc3c2=O)c1. The first-order valence-electron chi connectivity index (χ1n) is 8.87. The highest BCUT2D eigenvalue weighted by Crippen LogP contribution is 2.31. The maximum atomic E-state index is 13.9. The molecule has 0 aliphatic heterocycles. The van der Waals surface area contributed by atoms with Gasteiger partial charge in [-0.2, -0.15) is 5.26 Å². The van der Waals surface area contributed by atoms with E-state index >= 15 is 0 Å². The van der Waals surface area contributed by atoms with Gasteiger partial charge in [0, 0.05) is 22.8 Å². The predicted molar refractivity (Wildman–Crippen MR) is 105 cm³/mol. The summed E-state index contributed by atoms with van der Waals surface area (Å²) in [5, 5.41) is 19.2. The van der Waals surface area contributed by atoms with Crippen LogP contribution in [-0.4, -0.2) is 9.67 Å². The second-order valence-corrected chi connectivity index (χ2v) is 6.67. The van der Waals surface area contributed by atoms with Crippen LogP contribution in [-0.2, 0) is 6.61 Å². The molecule has 0 spiro atoms. The molecule has 1 aromatic heterocycles. The molecule has 4 aromatic rings. The van der Waals surface area contributed by atoms with Crippen LogP contribution in [0.2, 0.25) is 0 Å². The van der Waals surface area contributed by atoms with Crippen LogP contribution in [0.25, 0.3) is 27.6 Å². The highest BCUT2D eigenvalue weighted by atomic mass is 19.2. The van der Waals surface area contributed by atoms with E-state index in [9.17, 15) is 23.1 Å². The number of pyridine rings is 1. The highest BCUT2D eigenvalue weighted by Gasteiger charge is 2.17. The number of aliphatic hydroxyl groups is 1. The lowest BCUT2D eigenvalue weighted by molar-refractivity contribution is 0.282. The molecule has 1 N–H and O–H groups in total. The zero-order valence-electron chi connectivity index (χ0n) is 15.4. The van der Waals surface area contributed by atoms with Crippen molar-refractivity contribution in [2.24, 2.45) is 0 Å². The molecule has 0 fully saturated rings. The molecule has 4 rings (SSSR count). The van der Waals surface area contributed by atoms with Crippen LogP contribution in [0.4, 0.5) is 13.2 Å². The number of nitriles is 1. The number of hydrogen-bond acceptors (Lipinski definition) is 3. The molecule has 30 heavy (non-hydrogen) atoms. The van der Waals surface area contributed by atoms with Gasteiger partial charge in [-0.1, -0.05) is 12.1 Å². The third kappa shape index (κ3) is 3.23. The van der Waals surface area contributed by atoms with Gasteiger partial charge in [0.25, 0.3) is 5.56 Å². The number of aromatic nitrogens is 1. The molecule has 3 aromatic carbocycles. The molecule has 0 aliphatic carbocycles. The molecule has 0 aliphatic rings. The van der Waals surface area contributed by atoms with Gasteiger partial charge in [0.1, 0.15) is 0 Å². The fourth-order valence-electron chi connectivity index (χ4n) is 3.34. The standard InChI is InChI=1S/C23H13F3N2O2/c24-20-8-15(9-21(25)22(20)26)19-11-28(16-3-1-2-13(6-16)10-27)23(30)17-5-4-14(12-29)7-18(17)19/h1-9,11,29H,12H2. The molecule has 0 amide bonds. The van der Waals surface area contributed by atoms with E-state index in [1.165, 1.54) is 22.9 Å². The van der Waals surface area contributed by atoms with Crippen molar-refractivity contribution in [2.45, 2.75) is 6.61 Å². The highest BCUT2D eigenvalue weighted by molar-refractivity contribution is 5.96. The summed E-state index contributed by atoms with van der Waals surface area (Å²) >= 11 is 0. The second kappa shape index (κ2) is 7.50. The minimum absolute atomic E-state index is 0.0247. The zero-order valence-corrected chi connectivity index (χ0v) is 15.4. The normalized spacial score (nSPS) is 10.9. The third-order valence-electron chi connectivity index (χ3n) is 4.81. The Morgan fingerprint density at radius 3 is 2.37 bits per heavy atom. The smallest absolute Gasteiger partial charge is 0.262 e. The summed E-state index contributed by atoms with van der Waals surface area (Å²) in [6, 6.07) is 14.6. The van der Waals surface area contributed by atoms with Crippen molar-refractivity contribution in [1.29, 1.82) is 5.26 Å². The maximum absolute atomic E-state index is 13.9. The first kappa shape index (κ1) is 19.4. The Hall–Kier alpha value is -3.89. The fourth-order valence-corrected chi connectivity index (χ4v) is 3.34. The Labute approximate surface area is 168 Å². The van der Waals surface area contributed by atoms with Crippen LogP contribution in [0.5, 0.6) is 0 Å². The van der Waals surface area contributed by atoms with Crippen LogP contribution in [0.3, 0.4) is 0 Å². The largest absolute Gasteiger partial charge is 0.392 e. The van der Waals surface area contributed by atoms with Crippen LogP contribution in [0, 0.1) is 28.8 Å². The third-order valence-corrected chi connectivity index (χ3v) is 4.81. The Kier molecular flexibility index (Phi) is 4.86. The minimum Gasteiger partial charge on any atom is -0.392 e. The van der Waals surface area contributed by atoms with Crippen molar-refractivity contribution < 1.29 is 18.3 Å². The fraction of sp³-hybridized carbons (Fsp3) is 0.0435. The minimum atomic E-state index is -1.59. The lowest BCUT2D eigenvalue weighted by Gasteiger charge is -2.14. The van der Waals surface area contributed by atoms with Crippen LogP contribution >= 0.6 is 0 Å². The van der Waals surface area contributed by atoms with E-state index in [-0.39, 0.29) is 23.1 Å². The van der Waals surface area contributed by atoms with Crippen molar-refractivity contribution in [3.05, 3.63) is 99.7 Å². The number of rotatable bonds is 3. The number of halogens is 3. The number of nitrogens with zero attached hydrogens (tertiary/aromatic N) is 2. The molecular formula is C23H13F3N2O2. The number of benzene rings is 3. The topological polar surface area (TPSA) is 66.0 Å². The number of fused-ring (bicyclic) bond motifs is 1. The van der Waals surface area contributed by atoms with Crippen molar-refractivity contribution >= 4 is 10.8 Å². The average molecular weight is 406 g/mol. The Balaban J connectivity index is 2.11. The van der Waals surface area contributed by atoms with Gasteiger partial charge in [-0.15, -0.1) is 0 Å². The van der Waals surface area contributed by atoms with E-state index in [0.717, 1.165) is 12.1 Å². The predicted octanol–water partition coefficient (Wildman–Crippen LogP) is 4.44. The van der Waals surface area contributed by atoms with Gasteiger partial charge in [-0.3, -0.25) is 9.36 Å². The quantitative estimate of drug-likeness (QED) is 0.512. The van der Waals surface area contributed by atoms with E-state index in [1.54, 1.807) is 30.3 Å². The van der Waals surface area contributed by atoms with Gasteiger partial charge in [0.05, 0.1) is 18.2 Å². The molecule has 0 radical (unpaired) electrons. The van der Waals surface area contributed by atoms with Crippen LogP contribution in [0.1, 0.15) is 11.1 Å². The Bertz CT molecular complexity index is 1380. The van der Waals surface area contributed by atoms with Crippen molar-refractivity contribution in [2.75, 3.05) is 0 Å². The van der Waals surface area contributed by atoms with Crippen molar-refractivity contribution in [3.63, 3.8) is 0 Å². The first-order valence-corrected chi connectivity index (χ1v) is 8.87. The Morgan fingerprint density at radius 1 is 0.967 bits per heavy atom. The summed E-state index contributed by atoms with van der Waals surface area (Å²) in [5.74, 6) is -4.31. The summed E-state index contributed by atoms with van der Waals surface area (Å²) in [6.45, 7) is -0.297. The zero-order chi connectivity index (χ0) is 21.4. The molecule has 0 saturated heterocycles. The van der Waals surface area contributed by atoms with E-state index < -0.39 is 23.0 Å². The molecule has 148 valence electrons. The second-order valence-electron chi connectivity index (χ2n) is 6.67. The first-order chi connectivity index (χ1) is 14.4. The summed E-state index contributed by atoms with van der Waals surface area (Å²) in [7, 11) is 0. The molecule has 0 atom stereocenters. The van der Waals surface area contributed by atoms with Crippen molar-refractivity contribution in [1.82, 2.24) is 4.57 Å². The number of aliphatic hydroxyl groups excluding tert-OH is 1. The lowest BCUT2D eigenvalue weighted by Crippen LogP contribution is -2.18. The molecule has 0 bridgehead atoms. The van der Waals surface area contributed by atoms with Gasteiger partial charge in [-0.05, 0) is 59.0 Å². The molecule has 4 nitrogen and oxygen atoms in total. The molecule has 0 unspecified atom stereocenters. The van der Waals surface area contributed by atoms with E-state index in [2.05, 4.69) is 0 Å². The van der Waals surface area contributed by atoms with E-state index in [4.69, 9.17) is 5.26 Å². The molecule has 1 heterocycles. The van der Waals surface area contributed by atoms with Gasteiger partial charge < -0.3 is 5.11 Å². The van der Waals surface area contributed by atoms with E-state index in [0.29, 0.717) is 22.2 Å². The van der Waals surface area contributed by atoms with Gasteiger partial charge >= 0.3 is 0 Å². The van der Waals surface area contributed by atoms with Gasteiger partial charge in [0.2, 0.25) is 0 Å². The Morgan fingerprint density at radius 2 is 1.70 bits per heavy atom. The van der Waals surface area contributed by atoms with Crippen LogP contribution in [0.15, 0.2) is 65.6 Å². The van der Waals surface area contributed by atoms with E-state index in [1.807, 2.05) is 6.07 Å². The van der Waals surface area contributed by atoms with Crippen molar-refractivity contribution in [3.8, 4) is 22.9 Å². The molecule has 0 saturated carbocycles.